The number of hydrogen-bond acceptors (Lipinski definition) is 2. The van der Waals surface area contributed by atoms with E-state index >= 15 is 0 Å². The number of aryl methyl sites for hydroxylation is 1. The van der Waals surface area contributed by atoms with Crippen LogP contribution in [0, 0.1) is 6.92 Å². The Morgan fingerprint density at radius 2 is 2.15 bits per heavy atom. The molecule has 0 aromatic heterocycles. The van der Waals surface area contributed by atoms with Crippen molar-refractivity contribution in [3.63, 3.8) is 0 Å². The first kappa shape index (κ1) is 8.57. The number of rotatable bonds is 2. The molecule has 0 saturated heterocycles. The lowest BCUT2D eigenvalue weighted by atomic mass is 10.0. The Morgan fingerprint density at radius 3 is 2.69 bits per heavy atom. The zero-order valence-electron chi connectivity index (χ0n) is 7.88. The molecule has 13 heavy (non-hydrogen) atoms. The van der Waals surface area contributed by atoms with Gasteiger partial charge < -0.3 is 10.8 Å². The van der Waals surface area contributed by atoms with Gasteiger partial charge in [-0.05, 0) is 43.4 Å². The molecule has 0 unspecified atom stereocenters. The van der Waals surface area contributed by atoms with E-state index in [1.54, 1.807) is 6.07 Å². The van der Waals surface area contributed by atoms with E-state index in [1.807, 2.05) is 19.1 Å². The van der Waals surface area contributed by atoms with Gasteiger partial charge >= 0.3 is 0 Å². The van der Waals surface area contributed by atoms with Gasteiger partial charge in [-0.1, -0.05) is 12.1 Å². The molecule has 1 fully saturated rings. The van der Waals surface area contributed by atoms with Gasteiger partial charge in [-0.25, -0.2) is 0 Å². The molecule has 0 radical (unpaired) electrons. The second-order valence-electron chi connectivity index (χ2n) is 4.16. The van der Waals surface area contributed by atoms with E-state index in [2.05, 4.69) is 0 Å². The van der Waals surface area contributed by atoms with Gasteiger partial charge in [-0.3, -0.25) is 0 Å². The summed E-state index contributed by atoms with van der Waals surface area (Å²) < 4.78 is 0. The van der Waals surface area contributed by atoms with Crippen LogP contribution in [0.1, 0.15) is 24.0 Å². The Hall–Kier alpha value is -1.02. The summed E-state index contributed by atoms with van der Waals surface area (Å²) in [5.41, 5.74) is 8.23. The van der Waals surface area contributed by atoms with E-state index in [0.29, 0.717) is 5.75 Å². The third-order valence-electron chi connectivity index (χ3n) is 2.71. The van der Waals surface area contributed by atoms with E-state index in [0.717, 1.165) is 24.8 Å². The van der Waals surface area contributed by atoms with Crippen LogP contribution in [-0.2, 0) is 6.42 Å². The Kier molecular flexibility index (Phi) is 1.81. The van der Waals surface area contributed by atoms with Crippen molar-refractivity contribution in [1.29, 1.82) is 0 Å². The quantitative estimate of drug-likeness (QED) is 0.722. The molecule has 3 N–H and O–H groups in total. The van der Waals surface area contributed by atoms with Crippen molar-refractivity contribution in [1.82, 2.24) is 0 Å². The van der Waals surface area contributed by atoms with Crippen molar-refractivity contribution in [3.05, 3.63) is 29.3 Å². The van der Waals surface area contributed by atoms with Crippen molar-refractivity contribution >= 4 is 0 Å². The zero-order chi connectivity index (χ0) is 9.47. The summed E-state index contributed by atoms with van der Waals surface area (Å²) in [4.78, 5) is 0. The largest absolute Gasteiger partial charge is 0.508 e. The molecule has 1 aromatic carbocycles. The molecule has 0 heterocycles. The molecule has 0 spiro atoms. The van der Waals surface area contributed by atoms with Crippen LogP contribution in [0.3, 0.4) is 0 Å². The molecule has 2 nitrogen and oxygen atoms in total. The Balaban J connectivity index is 2.17. The molecule has 0 atom stereocenters. The Morgan fingerprint density at radius 1 is 1.46 bits per heavy atom. The van der Waals surface area contributed by atoms with Crippen molar-refractivity contribution < 1.29 is 5.11 Å². The molecular weight excluding hydrogens is 162 g/mol. The summed E-state index contributed by atoms with van der Waals surface area (Å²) in [7, 11) is 0. The standard InChI is InChI=1S/C11H15NO/c1-8-6-9(2-3-10(8)13)7-11(12)4-5-11/h2-3,6,13H,4-5,7,12H2,1H3. The molecule has 70 valence electrons. The summed E-state index contributed by atoms with van der Waals surface area (Å²) in [6.45, 7) is 1.91. The minimum atomic E-state index is 0.0589. The lowest BCUT2D eigenvalue weighted by Gasteiger charge is -2.09. The maximum Gasteiger partial charge on any atom is 0.118 e. The molecule has 1 aromatic rings. The first-order valence-electron chi connectivity index (χ1n) is 4.66. The summed E-state index contributed by atoms with van der Waals surface area (Å²) in [5.74, 6) is 0.366. The number of benzene rings is 1. The fourth-order valence-corrected chi connectivity index (χ4v) is 1.57. The third-order valence-corrected chi connectivity index (χ3v) is 2.71. The van der Waals surface area contributed by atoms with Crippen molar-refractivity contribution in [2.45, 2.75) is 31.7 Å². The molecule has 1 aliphatic carbocycles. The van der Waals surface area contributed by atoms with Crippen LogP contribution in [0.4, 0.5) is 0 Å². The summed E-state index contributed by atoms with van der Waals surface area (Å²) in [5, 5.41) is 9.33. The highest BCUT2D eigenvalue weighted by Crippen LogP contribution is 2.36. The Bertz CT molecular complexity index is 329. The maximum absolute atomic E-state index is 9.33. The smallest absolute Gasteiger partial charge is 0.118 e. The summed E-state index contributed by atoms with van der Waals surface area (Å²) >= 11 is 0. The van der Waals surface area contributed by atoms with E-state index < -0.39 is 0 Å². The lowest BCUT2D eigenvalue weighted by Crippen LogP contribution is -2.24. The summed E-state index contributed by atoms with van der Waals surface area (Å²) in [6.07, 6.45) is 3.20. The molecule has 0 bridgehead atoms. The molecule has 1 saturated carbocycles. The van der Waals surface area contributed by atoms with E-state index in [4.69, 9.17) is 5.73 Å². The number of phenolic OH excluding ortho intramolecular Hbond substituents is 1. The SMILES string of the molecule is Cc1cc(CC2(N)CC2)ccc1O. The fourth-order valence-electron chi connectivity index (χ4n) is 1.57. The van der Waals surface area contributed by atoms with Gasteiger partial charge in [0, 0.05) is 5.54 Å². The molecule has 0 aliphatic heterocycles. The highest BCUT2D eigenvalue weighted by Gasteiger charge is 2.37. The first-order chi connectivity index (χ1) is 6.09. The second-order valence-corrected chi connectivity index (χ2v) is 4.16. The highest BCUT2D eigenvalue weighted by atomic mass is 16.3. The van der Waals surface area contributed by atoms with E-state index in [9.17, 15) is 5.11 Å². The number of hydrogen-bond donors (Lipinski definition) is 2. The van der Waals surface area contributed by atoms with Gasteiger partial charge in [-0.2, -0.15) is 0 Å². The van der Waals surface area contributed by atoms with E-state index in [-0.39, 0.29) is 5.54 Å². The van der Waals surface area contributed by atoms with Crippen LogP contribution in [0.5, 0.6) is 5.75 Å². The van der Waals surface area contributed by atoms with Gasteiger partial charge in [0.05, 0.1) is 0 Å². The fraction of sp³-hybridized carbons (Fsp3) is 0.455. The topological polar surface area (TPSA) is 46.2 Å². The predicted molar refractivity (Wildman–Crippen MR) is 52.7 cm³/mol. The Labute approximate surface area is 78.4 Å². The molecule has 0 amide bonds. The number of phenols is 1. The molecule has 2 rings (SSSR count). The van der Waals surface area contributed by atoms with Crippen LogP contribution in [0.25, 0.3) is 0 Å². The summed E-state index contributed by atoms with van der Waals surface area (Å²) in [6, 6.07) is 5.72. The van der Waals surface area contributed by atoms with Crippen molar-refractivity contribution in [3.8, 4) is 5.75 Å². The first-order valence-corrected chi connectivity index (χ1v) is 4.66. The zero-order valence-corrected chi connectivity index (χ0v) is 7.88. The molecule has 2 heteroatoms. The molecule has 1 aliphatic rings. The number of aromatic hydroxyl groups is 1. The van der Waals surface area contributed by atoms with E-state index in [1.165, 1.54) is 5.56 Å². The van der Waals surface area contributed by atoms with Gasteiger partial charge in [0.15, 0.2) is 0 Å². The van der Waals surface area contributed by atoms with Crippen LogP contribution in [-0.4, -0.2) is 10.6 Å². The van der Waals surface area contributed by atoms with Crippen LogP contribution in [0.15, 0.2) is 18.2 Å². The van der Waals surface area contributed by atoms with Crippen LogP contribution < -0.4 is 5.73 Å². The molecular formula is C11H15NO. The van der Waals surface area contributed by atoms with Gasteiger partial charge in [0.25, 0.3) is 0 Å². The van der Waals surface area contributed by atoms with Gasteiger partial charge in [0.1, 0.15) is 5.75 Å². The normalized spacial score (nSPS) is 18.6. The highest BCUT2D eigenvalue weighted by molar-refractivity contribution is 5.36. The lowest BCUT2D eigenvalue weighted by molar-refractivity contribution is 0.470. The minimum Gasteiger partial charge on any atom is -0.508 e. The van der Waals surface area contributed by atoms with Crippen LogP contribution in [0.2, 0.25) is 0 Å². The third kappa shape index (κ3) is 1.83. The van der Waals surface area contributed by atoms with Crippen molar-refractivity contribution in [2.75, 3.05) is 0 Å². The van der Waals surface area contributed by atoms with Gasteiger partial charge in [0.2, 0.25) is 0 Å². The average molecular weight is 177 g/mol. The van der Waals surface area contributed by atoms with Gasteiger partial charge in [-0.15, -0.1) is 0 Å². The average Bonchev–Trinajstić information content (AvgIpc) is 2.76. The monoisotopic (exact) mass is 177 g/mol. The van der Waals surface area contributed by atoms with Crippen molar-refractivity contribution in [2.24, 2.45) is 5.73 Å². The minimum absolute atomic E-state index is 0.0589. The number of nitrogens with two attached hydrogens (primary N) is 1. The maximum atomic E-state index is 9.33. The van der Waals surface area contributed by atoms with Crippen LogP contribution >= 0.6 is 0 Å². The second kappa shape index (κ2) is 2.74. The predicted octanol–water partition coefficient (Wildman–Crippen LogP) is 1.73.